The molecule has 0 spiro atoms. The van der Waals surface area contributed by atoms with Crippen molar-refractivity contribution in [1.29, 1.82) is 5.26 Å². The maximum atomic E-state index is 13.5. The van der Waals surface area contributed by atoms with Crippen LogP contribution < -0.4 is 4.31 Å². The number of benzene rings is 2. The van der Waals surface area contributed by atoms with Crippen molar-refractivity contribution in [3.8, 4) is 16.5 Å². The van der Waals surface area contributed by atoms with Crippen molar-refractivity contribution in [3.63, 3.8) is 0 Å². The number of hydrogen-bond acceptors (Lipinski definition) is 5. The molecule has 0 amide bonds. The number of hydrogen-bond donors (Lipinski definition) is 1. The number of nitriles is 1. The molecule has 1 atom stereocenters. The molecule has 6 nitrogen and oxygen atoms in total. The fraction of sp³-hybridized carbons (Fsp3) is 0.0952. The Bertz CT molecular complexity index is 1430. The van der Waals surface area contributed by atoms with Gasteiger partial charge >= 0.3 is 0 Å². The van der Waals surface area contributed by atoms with Crippen LogP contribution in [-0.2, 0) is 20.8 Å². The predicted molar refractivity (Wildman–Crippen MR) is 119 cm³/mol. The zero-order valence-electron chi connectivity index (χ0n) is 15.5. The molecule has 0 saturated carbocycles. The molecule has 1 aliphatic heterocycles. The van der Waals surface area contributed by atoms with Gasteiger partial charge in [-0.15, -0.1) is 11.3 Å². The highest BCUT2D eigenvalue weighted by Gasteiger charge is 2.33. The third-order valence-corrected chi connectivity index (χ3v) is 9.19. The van der Waals surface area contributed by atoms with Crippen LogP contribution in [0.2, 0.25) is 0 Å². The van der Waals surface area contributed by atoms with E-state index < -0.39 is 20.8 Å². The van der Waals surface area contributed by atoms with E-state index in [1.54, 1.807) is 24.3 Å². The van der Waals surface area contributed by atoms with Crippen LogP contribution in [-0.4, -0.2) is 29.9 Å². The van der Waals surface area contributed by atoms with Crippen molar-refractivity contribution in [3.05, 3.63) is 65.5 Å². The second-order valence-electron chi connectivity index (χ2n) is 6.81. The first-order valence-electron chi connectivity index (χ1n) is 9.10. The average Bonchev–Trinajstić information content (AvgIpc) is 3.41. The monoisotopic (exact) mass is 453 g/mol. The number of para-hydroxylation sites is 1. The van der Waals surface area contributed by atoms with Crippen LogP contribution in [0.4, 0.5) is 5.69 Å². The number of anilines is 1. The van der Waals surface area contributed by atoms with Gasteiger partial charge in [0.2, 0.25) is 0 Å². The normalized spacial score (nSPS) is 16.4. The molecule has 0 fully saturated rings. The minimum atomic E-state index is -3.86. The van der Waals surface area contributed by atoms with E-state index in [4.69, 9.17) is 5.26 Å². The van der Waals surface area contributed by atoms with Crippen LogP contribution in [0.25, 0.3) is 21.3 Å². The van der Waals surface area contributed by atoms with Crippen LogP contribution in [0.3, 0.4) is 0 Å². The molecule has 3 heterocycles. The molecule has 1 N–H and O–H groups in total. The topological polar surface area (TPSA) is 94.0 Å². The number of nitrogens with zero attached hydrogens (tertiary/aromatic N) is 2. The Hall–Kier alpha value is -2.93. The lowest BCUT2D eigenvalue weighted by molar-refractivity contribution is 0.588. The zero-order chi connectivity index (χ0) is 20.9. The summed E-state index contributed by atoms with van der Waals surface area (Å²) in [5.41, 5.74) is 1.95. The third kappa shape index (κ3) is 3.04. The predicted octanol–water partition coefficient (Wildman–Crippen LogP) is 4.08. The van der Waals surface area contributed by atoms with Gasteiger partial charge in [-0.1, -0.05) is 24.3 Å². The second kappa shape index (κ2) is 7.09. The molecule has 4 aromatic rings. The molecule has 2 aromatic heterocycles. The highest BCUT2D eigenvalue weighted by Crippen LogP contribution is 2.38. The molecule has 30 heavy (non-hydrogen) atoms. The highest BCUT2D eigenvalue weighted by molar-refractivity contribution is 7.93. The molecule has 0 saturated heterocycles. The Morgan fingerprint density at radius 1 is 1.10 bits per heavy atom. The van der Waals surface area contributed by atoms with Crippen molar-refractivity contribution in [2.45, 2.75) is 9.92 Å². The molecule has 150 valence electrons. The van der Waals surface area contributed by atoms with Crippen LogP contribution in [0.1, 0.15) is 4.88 Å². The van der Waals surface area contributed by atoms with Gasteiger partial charge in [0.25, 0.3) is 10.0 Å². The van der Waals surface area contributed by atoms with Gasteiger partial charge in [0.15, 0.2) is 5.03 Å². The summed E-state index contributed by atoms with van der Waals surface area (Å²) in [5.74, 6) is 0.239. The van der Waals surface area contributed by atoms with Gasteiger partial charge in [0.1, 0.15) is 10.9 Å². The minimum Gasteiger partial charge on any atom is -0.344 e. The van der Waals surface area contributed by atoms with Gasteiger partial charge in [0.05, 0.1) is 21.4 Å². The molecule has 2 aromatic carbocycles. The standard InChI is InChI=1S/C21H15N3O3S3/c22-13-16-6-7-19(28-16)15-5-8-20-18(11-15)24(9-10-29(20)25)30(26,27)21-12-14-3-1-2-4-17(14)23-21/h1-8,11-12,23H,9-10H2. The summed E-state index contributed by atoms with van der Waals surface area (Å²) in [5, 5.41) is 10.0. The van der Waals surface area contributed by atoms with Crippen molar-refractivity contribution < 1.29 is 12.6 Å². The zero-order valence-corrected chi connectivity index (χ0v) is 18.0. The second-order valence-corrected chi connectivity index (χ2v) is 11.3. The van der Waals surface area contributed by atoms with Gasteiger partial charge in [-0.25, -0.2) is 0 Å². The molecule has 0 bridgehead atoms. The SMILES string of the molecule is N#Cc1ccc(-c2ccc3c(c2)N(S(=O)(=O)c2cc4ccccc4[nH]2)CCS3=O)s1. The van der Waals surface area contributed by atoms with E-state index in [1.807, 2.05) is 36.4 Å². The first-order chi connectivity index (χ1) is 14.5. The molecule has 9 heteroatoms. The van der Waals surface area contributed by atoms with Crippen LogP contribution >= 0.6 is 11.3 Å². The summed E-state index contributed by atoms with van der Waals surface area (Å²) in [6.45, 7) is 0.134. The lowest BCUT2D eigenvalue weighted by Crippen LogP contribution is -2.38. The van der Waals surface area contributed by atoms with Crippen molar-refractivity contribution in [2.75, 3.05) is 16.6 Å². The van der Waals surface area contributed by atoms with Gasteiger partial charge < -0.3 is 4.98 Å². The van der Waals surface area contributed by atoms with Crippen LogP contribution in [0, 0.1) is 11.3 Å². The molecule has 0 radical (unpaired) electrons. The average molecular weight is 454 g/mol. The maximum absolute atomic E-state index is 13.5. The lowest BCUT2D eigenvalue weighted by Gasteiger charge is -2.29. The van der Waals surface area contributed by atoms with E-state index in [0.717, 1.165) is 21.3 Å². The van der Waals surface area contributed by atoms with E-state index in [2.05, 4.69) is 11.1 Å². The largest absolute Gasteiger partial charge is 0.344 e. The summed E-state index contributed by atoms with van der Waals surface area (Å²) in [6.07, 6.45) is 0. The Morgan fingerprint density at radius 2 is 1.93 bits per heavy atom. The van der Waals surface area contributed by atoms with Gasteiger partial charge in [0, 0.05) is 28.1 Å². The number of aromatic amines is 1. The van der Waals surface area contributed by atoms with Gasteiger partial charge in [-0.3, -0.25) is 8.51 Å². The van der Waals surface area contributed by atoms with E-state index >= 15 is 0 Å². The van der Waals surface area contributed by atoms with E-state index in [1.165, 1.54) is 15.6 Å². The fourth-order valence-corrected chi connectivity index (χ4v) is 7.22. The Morgan fingerprint density at radius 3 is 2.70 bits per heavy atom. The summed E-state index contributed by atoms with van der Waals surface area (Å²) >= 11 is 1.33. The number of aromatic nitrogens is 1. The molecular weight excluding hydrogens is 438 g/mol. The Balaban J connectivity index is 1.64. The lowest BCUT2D eigenvalue weighted by atomic mass is 10.1. The number of fused-ring (bicyclic) bond motifs is 2. The molecule has 1 unspecified atom stereocenters. The van der Waals surface area contributed by atoms with Crippen molar-refractivity contribution in [2.24, 2.45) is 0 Å². The van der Waals surface area contributed by atoms with Crippen molar-refractivity contribution in [1.82, 2.24) is 4.98 Å². The summed E-state index contributed by atoms with van der Waals surface area (Å²) in [7, 11) is -5.13. The quantitative estimate of drug-likeness (QED) is 0.506. The number of rotatable bonds is 3. The number of thiophene rings is 1. The fourth-order valence-electron chi connectivity index (χ4n) is 3.56. The van der Waals surface area contributed by atoms with Crippen LogP contribution in [0.5, 0.6) is 0 Å². The molecule has 0 aliphatic carbocycles. The third-order valence-electron chi connectivity index (χ3n) is 5.03. The van der Waals surface area contributed by atoms with E-state index in [9.17, 15) is 12.6 Å². The van der Waals surface area contributed by atoms with Gasteiger partial charge in [-0.05, 0) is 42.0 Å². The summed E-state index contributed by atoms with van der Waals surface area (Å²) in [6, 6.07) is 20.0. The highest BCUT2D eigenvalue weighted by atomic mass is 32.2. The smallest absolute Gasteiger partial charge is 0.279 e. The van der Waals surface area contributed by atoms with Crippen molar-refractivity contribution >= 4 is 48.7 Å². The molecular formula is C21H15N3O3S3. The number of sulfonamides is 1. The molecule has 1 aliphatic rings. The summed E-state index contributed by atoms with van der Waals surface area (Å²) in [4.78, 5) is 4.93. The minimum absolute atomic E-state index is 0.107. The number of H-pyrrole nitrogens is 1. The van der Waals surface area contributed by atoms with E-state index in [0.29, 0.717) is 15.5 Å². The first-order valence-corrected chi connectivity index (χ1v) is 12.7. The Kier molecular flexibility index (Phi) is 4.50. The Labute approximate surface area is 179 Å². The van der Waals surface area contributed by atoms with Gasteiger partial charge in [-0.2, -0.15) is 13.7 Å². The summed E-state index contributed by atoms with van der Waals surface area (Å²) < 4.78 is 40.9. The van der Waals surface area contributed by atoms with E-state index in [-0.39, 0.29) is 17.3 Å². The molecule has 5 rings (SSSR count). The maximum Gasteiger partial charge on any atom is 0.279 e. The first kappa shape index (κ1) is 19.1. The van der Waals surface area contributed by atoms with Crippen LogP contribution in [0.15, 0.2) is 70.6 Å². The number of nitrogens with one attached hydrogen (secondary N) is 1.